The number of aryl methyl sites for hydroxylation is 4. The van der Waals surface area contributed by atoms with E-state index in [1.165, 1.54) is 77.2 Å². The number of rotatable bonds is 3. The molecular weight excluding hydrogens is 707 g/mol. The quantitative estimate of drug-likeness (QED) is 0.136. The molecule has 246 valence electrons. The topological polar surface area (TPSA) is 0 Å². The van der Waals surface area contributed by atoms with E-state index in [0.29, 0.717) is 5.92 Å². The molecule has 0 N–H and O–H groups in total. The standard InChI is InChI=1S/C22H25.C19H19.C2H6Si.2ClH.Zr/c1-15(2)18-13-17-7-6-8-20(21(17)14-18)16-9-11-19(12-10-16)22(3,4)5;1-12-10-17-13(2)8-9-16(18(17)11-12)19-14(3)6-5-7-15(19)4;1-3-2;;;/h6-15H,1-5H3;5-11H,1-4H3;1-2H3;2*1H;/q2*-1;;;;+2/p-2. The number of benzene rings is 4. The fourth-order valence-electron chi connectivity index (χ4n) is 6.04. The van der Waals surface area contributed by atoms with E-state index in [1.807, 2.05) is 0 Å². The molecule has 4 heteroatoms. The van der Waals surface area contributed by atoms with Crippen LogP contribution in [0.2, 0.25) is 13.1 Å². The third kappa shape index (κ3) is 10.1. The van der Waals surface area contributed by atoms with Crippen LogP contribution >= 0.6 is 0 Å². The Kier molecular flexibility index (Phi) is 15.2. The minimum absolute atomic E-state index is 0. The smallest absolute Gasteiger partial charge is 0.0220 e. The van der Waals surface area contributed by atoms with Gasteiger partial charge in [-0.05, 0) is 53.0 Å². The minimum Gasteiger partial charge on any atom is -1.00 e. The number of halogens is 2. The Bertz CT molecular complexity index is 1910. The van der Waals surface area contributed by atoms with Gasteiger partial charge in [0, 0.05) is 0 Å². The second kappa shape index (κ2) is 17.4. The van der Waals surface area contributed by atoms with Crippen LogP contribution in [-0.4, -0.2) is 5.43 Å². The fraction of sp³-hybridized carbons (Fsp3) is 0.302. The molecular formula is C43H50Cl2SiZr-2. The van der Waals surface area contributed by atoms with Crippen molar-refractivity contribution in [2.24, 2.45) is 0 Å². The summed E-state index contributed by atoms with van der Waals surface area (Å²) in [6.45, 7) is 24.7. The molecule has 0 amide bonds. The Hall–Kier alpha value is -2.22. The molecule has 6 rings (SSSR count). The van der Waals surface area contributed by atoms with Gasteiger partial charge >= 0.3 is 41.9 Å². The van der Waals surface area contributed by atoms with Crippen LogP contribution in [0.5, 0.6) is 0 Å². The normalized spacial score (nSPS) is 10.9. The van der Waals surface area contributed by atoms with E-state index >= 15 is 0 Å². The number of hydrogen-bond acceptors (Lipinski definition) is 0. The van der Waals surface area contributed by atoms with Crippen molar-refractivity contribution in [3.8, 4) is 22.3 Å². The number of fused-ring (bicyclic) bond motifs is 2. The summed E-state index contributed by atoms with van der Waals surface area (Å²) in [6.07, 6.45) is 0. The summed E-state index contributed by atoms with van der Waals surface area (Å²) in [6, 6.07) is 36.0. The summed E-state index contributed by atoms with van der Waals surface area (Å²) in [4.78, 5) is 0. The summed E-state index contributed by atoms with van der Waals surface area (Å²) >= 11 is 1.74. The van der Waals surface area contributed by atoms with E-state index in [9.17, 15) is 0 Å². The molecule has 0 aliphatic carbocycles. The van der Waals surface area contributed by atoms with Crippen LogP contribution in [0.25, 0.3) is 43.8 Å². The first-order valence-electron chi connectivity index (χ1n) is 16.2. The van der Waals surface area contributed by atoms with Gasteiger partial charge in [0.2, 0.25) is 0 Å². The SMILES string of the molecule is CC(C)c1cc2c(-c3ccc(C(C)(C)C)cc3)cccc2[cH-]1.C[Si](C)=[Zr+2].Cc1cc2c(-c3c(C)cccc3C)ccc(C)c2[cH-]1.[Cl-].[Cl-]. The van der Waals surface area contributed by atoms with Crippen LogP contribution in [0.4, 0.5) is 0 Å². The molecule has 0 aliphatic rings. The van der Waals surface area contributed by atoms with E-state index in [0.717, 1.165) is 0 Å². The molecule has 0 saturated heterocycles. The molecule has 0 saturated carbocycles. The largest absolute Gasteiger partial charge is 1.00 e. The van der Waals surface area contributed by atoms with Crippen molar-refractivity contribution < 1.29 is 48.1 Å². The van der Waals surface area contributed by atoms with E-state index in [2.05, 4.69) is 172 Å². The summed E-state index contributed by atoms with van der Waals surface area (Å²) in [5.41, 5.74) is 14.0. The third-order valence-corrected chi connectivity index (χ3v) is 8.50. The van der Waals surface area contributed by atoms with Crippen LogP contribution in [0.3, 0.4) is 0 Å². The van der Waals surface area contributed by atoms with E-state index < -0.39 is 0 Å². The first kappa shape index (κ1) is 41.0. The Morgan fingerprint density at radius 2 is 1.23 bits per heavy atom. The second-order valence-corrected chi connectivity index (χ2v) is 23.5. The van der Waals surface area contributed by atoms with Crippen LogP contribution in [0.15, 0.2) is 97.1 Å². The first-order valence-corrected chi connectivity index (χ1v) is 22.4. The molecule has 0 unspecified atom stereocenters. The van der Waals surface area contributed by atoms with Crippen molar-refractivity contribution in [3.63, 3.8) is 0 Å². The molecule has 0 aliphatic heterocycles. The van der Waals surface area contributed by atoms with Gasteiger partial charge in [-0.1, -0.05) is 114 Å². The van der Waals surface area contributed by atoms with Gasteiger partial charge < -0.3 is 24.8 Å². The van der Waals surface area contributed by atoms with Gasteiger partial charge in [-0.25, -0.2) is 0 Å². The minimum atomic E-state index is 0. The Morgan fingerprint density at radius 1 is 0.660 bits per heavy atom. The maximum Gasteiger partial charge on any atom is -0.0220 e. The van der Waals surface area contributed by atoms with Gasteiger partial charge in [0.05, 0.1) is 0 Å². The molecule has 6 aromatic carbocycles. The maximum atomic E-state index is 2.35. The molecule has 0 aromatic heterocycles. The molecule has 0 radical (unpaired) electrons. The summed E-state index contributed by atoms with van der Waals surface area (Å²) in [7, 11) is 0. The van der Waals surface area contributed by atoms with E-state index in [-0.39, 0.29) is 35.7 Å². The summed E-state index contributed by atoms with van der Waals surface area (Å²) in [5.74, 6) is 0.573. The zero-order chi connectivity index (χ0) is 33.1. The van der Waals surface area contributed by atoms with Crippen LogP contribution in [0, 0.1) is 27.7 Å². The molecule has 0 atom stereocenters. The van der Waals surface area contributed by atoms with Crippen LogP contribution < -0.4 is 24.8 Å². The van der Waals surface area contributed by atoms with Gasteiger partial charge in [0.15, 0.2) is 0 Å². The molecule has 0 fully saturated rings. The summed E-state index contributed by atoms with van der Waals surface area (Å²) < 4.78 is 0. The molecule has 0 heterocycles. The van der Waals surface area contributed by atoms with Gasteiger partial charge in [-0.15, -0.1) is 68.6 Å². The van der Waals surface area contributed by atoms with E-state index in [1.54, 1.807) is 23.3 Å². The Morgan fingerprint density at radius 3 is 1.79 bits per heavy atom. The maximum absolute atomic E-state index is 2.35. The van der Waals surface area contributed by atoms with Gasteiger partial charge in [-0.2, -0.15) is 12.1 Å². The fourth-order valence-corrected chi connectivity index (χ4v) is 6.04. The molecule has 0 bridgehead atoms. The van der Waals surface area contributed by atoms with Gasteiger partial charge in [0.1, 0.15) is 0 Å². The molecule has 0 nitrogen and oxygen atoms in total. The molecule has 47 heavy (non-hydrogen) atoms. The van der Waals surface area contributed by atoms with Crippen molar-refractivity contribution >= 4 is 27.0 Å². The Balaban J connectivity index is 0.000000285. The van der Waals surface area contributed by atoms with Crippen LogP contribution in [-0.2, 0) is 28.8 Å². The van der Waals surface area contributed by atoms with E-state index in [4.69, 9.17) is 0 Å². The predicted molar refractivity (Wildman–Crippen MR) is 199 cm³/mol. The zero-order valence-corrected chi connectivity index (χ0v) is 35.0. The van der Waals surface area contributed by atoms with Crippen molar-refractivity contribution in [1.82, 2.24) is 0 Å². The molecule has 6 aromatic rings. The molecule has 0 spiro atoms. The predicted octanol–water partition coefficient (Wildman–Crippen LogP) is 6.90. The monoisotopic (exact) mass is 754 g/mol. The zero-order valence-electron chi connectivity index (χ0n) is 30.1. The average Bonchev–Trinajstić information content (AvgIpc) is 3.58. The van der Waals surface area contributed by atoms with Crippen molar-refractivity contribution in [1.29, 1.82) is 0 Å². The van der Waals surface area contributed by atoms with Crippen LogP contribution in [0.1, 0.15) is 73.9 Å². The second-order valence-electron chi connectivity index (χ2n) is 14.1. The van der Waals surface area contributed by atoms with Crippen molar-refractivity contribution in [2.45, 2.75) is 86.7 Å². The summed E-state index contributed by atoms with van der Waals surface area (Å²) in [5, 5.41) is 5.49. The number of hydrogen-bond donors (Lipinski definition) is 0. The van der Waals surface area contributed by atoms with Gasteiger partial charge in [-0.3, -0.25) is 0 Å². The third-order valence-electron chi connectivity index (χ3n) is 8.50. The first-order chi connectivity index (χ1) is 21.2. The Labute approximate surface area is 312 Å². The van der Waals surface area contributed by atoms with Gasteiger partial charge in [0.25, 0.3) is 0 Å². The van der Waals surface area contributed by atoms with Crippen molar-refractivity contribution in [2.75, 3.05) is 0 Å². The average molecular weight is 757 g/mol. The van der Waals surface area contributed by atoms with Crippen molar-refractivity contribution in [3.05, 3.63) is 130 Å².